The van der Waals surface area contributed by atoms with Crippen LogP contribution in [0.2, 0.25) is 0 Å². The molecule has 0 bridgehead atoms. The van der Waals surface area contributed by atoms with E-state index in [1.165, 1.54) is 22.4 Å². The molecule has 0 saturated carbocycles. The van der Waals surface area contributed by atoms with Crippen molar-refractivity contribution in [1.82, 2.24) is 4.90 Å². The van der Waals surface area contributed by atoms with E-state index >= 15 is 0 Å². The number of benzene rings is 2. The lowest BCUT2D eigenvalue weighted by Gasteiger charge is -2.37. The third kappa shape index (κ3) is 3.78. The third-order valence-corrected chi connectivity index (χ3v) is 4.81. The first kappa shape index (κ1) is 16.6. The van der Waals surface area contributed by atoms with Crippen LogP contribution in [0.3, 0.4) is 0 Å². The standard InChI is InChI=1S/C21H26N2O/c1-16-5-8-19(9-6-16)15-21(24)23-12-10-22(11-13-23)20-14-17(2)4-7-18(20)3/h4-9,14H,10-13,15H2,1-3H3. The van der Waals surface area contributed by atoms with E-state index in [0.29, 0.717) is 6.42 Å². The lowest BCUT2D eigenvalue weighted by molar-refractivity contribution is -0.130. The maximum Gasteiger partial charge on any atom is 0.227 e. The van der Waals surface area contributed by atoms with Gasteiger partial charge in [0.25, 0.3) is 0 Å². The third-order valence-electron chi connectivity index (χ3n) is 4.81. The molecule has 0 aromatic heterocycles. The Morgan fingerprint density at radius 2 is 1.50 bits per heavy atom. The quantitative estimate of drug-likeness (QED) is 0.863. The number of aryl methyl sites for hydroxylation is 3. The van der Waals surface area contributed by atoms with E-state index in [0.717, 1.165) is 31.7 Å². The fraction of sp³-hybridized carbons (Fsp3) is 0.381. The highest BCUT2D eigenvalue weighted by Crippen LogP contribution is 2.23. The molecule has 1 heterocycles. The summed E-state index contributed by atoms with van der Waals surface area (Å²) in [4.78, 5) is 16.9. The molecular weight excluding hydrogens is 296 g/mol. The molecular formula is C21H26N2O. The Morgan fingerprint density at radius 1 is 0.875 bits per heavy atom. The molecule has 0 N–H and O–H groups in total. The summed E-state index contributed by atoms with van der Waals surface area (Å²) >= 11 is 0. The number of amides is 1. The molecule has 3 nitrogen and oxygen atoms in total. The molecule has 1 aliphatic heterocycles. The molecule has 0 aliphatic carbocycles. The van der Waals surface area contributed by atoms with Gasteiger partial charge in [-0.2, -0.15) is 0 Å². The van der Waals surface area contributed by atoms with Crippen LogP contribution in [0.25, 0.3) is 0 Å². The lowest BCUT2D eigenvalue weighted by Crippen LogP contribution is -2.49. The van der Waals surface area contributed by atoms with Crippen LogP contribution in [0.1, 0.15) is 22.3 Å². The van der Waals surface area contributed by atoms with Crippen LogP contribution >= 0.6 is 0 Å². The van der Waals surface area contributed by atoms with E-state index in [4.69, 9.17) is 0 Å². The van der Waals surface area contributed by atoms with Gasteiger partial charge in [0.2, 0.25) is 5.91 Å². The first-order valence-electron chi connectivity index (χ1n) is 8.68. The Labute approximate surface area is 144 Å². The minimum absolute atomic E-state index is 0.236. The van der Waals surface area contributed by atoms with Gasteiger partial charge < -0.3 is 9.80 Å². The van der Waals surface area contributed by atoms with Crippen LogP contribution in [0, 0.1) is 20.8 Å². The predicted molar refractivity (Wildman–Crippen MR) is 99.6 cm³/mol. The normalized spacial score (nSPS) is 14.8. The van der Waals surface area contributed by atoms with Crippen molar-refractivity contribution < 1.29 is 4.79 Å². The van der Waals surface area contributed by atoms with Crippen molar-refractivity contribution in [2.24, 2.45) is 0 Å². The van der Waals surface area contributed by atoms with E-state index in [2.05, 4.69) is 68.1 Å². The van der Waals surface area contributed by atoms with Crippen molar-refractivity contribution >= 4 is 11.6 Å². The van der Waals surface area contributed by atoms with Crippen molar-refractivity contribution in [2.75, 3.05) is 31.1 Å². The van der Waals surface area contributed by atoms with Crippen LogP contribution in [0.5, 0.6) is 0 Å². The van der Waals surface area contributed by atoms with Gasteiger partial charge in [-0.3, -0.25) is 4.79 Å². The van der Waals surface area contributed by atoms with Crippen LogP contribution in [0.15, 0.2) is 42.5 Å². The highest BCUT2D eigenvalue weighted by molar-refractivity contribution is 5.79. The molecule has 2 aromatic carbocycles. The van der Waals surface area contributed by atoms with Gasteiger partial charge in [-0.1, -0.05) is 42.0 Å². The number of hydrogen-bond donors (Lipinski definition) is 0. The maximum absolute atomic E-state index is 12.5. The number of carbonyl (C=O) groups excluding carboxylic acids is 1. The molecule has 126 valence electrons. The van der Waals surface area contributed by atoms with Crippen molar-refractivity contribution in [3.8, 4) is 0 Å². The first-order chi connectivity index (χ1) is 11.5. The zero-order chi connectivity index (χ0) is 17.1. The van der Waals surface area contributed by atoms with Gasteiger partial charge in [-0.05, 0) is 43.5 Å². The Kier molecular flexibility index (Phi) is 4.89. The summed E-state index contributed by atoms with van der Waals surface area (Å²) in [7, 11) is 0. The molecule has 1 fully saturated rings. The van der Waals surface area contributed by atoms with Crippen molar-refractivity contribution in [1.29, 1.82) is 0 Å². The van der Waals surface area contributed by atoms with Crippen LogP contribution in [-0.4, -0.2) is 37.0 Å². The maximum atomic E-state index is 12.5. The lowest BCUT2D eigenvalue weighted by atomic mass is 10.1. The zero-order valence-electron chi connectivity index (χ0n) is 14.9. The van der Waals surface area contributed by atoms with Gasteiger partial charge in [0.1, 0.15) is 0 Å². The molecule has 2 aromatic rings. The molecule has 0 spiro atoms. The Hall–Kier alpha value is -2.29. The van der Waals surface area contributed by atoms with Crippen molar-refractivity contribution in [2.45, 2.75) is 27.2 Å². The second-order valence-corrected chi connectivity index (χ2v) is 6.82. The summed E-state index contributed by atoms with van der Waals surface area (Å²) in [5.41, 5.74) is 6.23. The average molecular weight is 322 g/mol. The molecule has 1 amide bonds. The van der Waals surface area contributed by atoms with Crippen LogP contribution < -0.4 is 4.90 Å². The molecule has 24 heavy (non-hydrogen) atoms. The number of piperazine rings is 1. The Balaban J connectivity index is 1.59. The number of anilines is 1. The molecule has 0 unspecified atom stereocenters. The van der Waals surface area contributed by atoms with Gasteiger partial charge in [-0.25, -0.2) is 0 Å². The smallest absolute Gasteiger partial charge is 0.227 e. The largest absolute Gasteiger partial charge is 0.368 e. The van der Waals surface area contributed by atoms with Gasteiger partial charge in [0, 0.05) is 31.9 Å². The fourth-order valence-corrected chi connectivity index (χ4v) is 3.25. The zero-order valence-corrected chi connectivity index (χ0v) is 14.9. The summed E-state index contributed by atoms with van der Waals surface area (Å²) in [5.74, 6) is 0.236. The molecule has 1 saturated heterocycles. The minimum atomic E-state index is 0.236. The van der Waals surface area contributed by atoms with Crippen molar-refractivity contribution in [3.63, 3.8) is 0 Å². The predicted octanol–water partition coefficient (Wildman–Crippen LogP) is 3.50. The highest BCUT2D eigenvalue weighted by atomic mass is 16.2. The summed E-state index contributed by atoms with van der Waals surface area (Å²) < 4.78 is 0. The Bertz CT molecular complexity index is 713. The number of hydrogen-bond acceptors (Lipinski definition) is 2. The molecule has 0 radical (unpaired) electrons. The van der Waals surface area contributed by atoms with E-state index in [1.807, 2.05) is 4.90 Å². The first-order valence-corrected chi connectivity index (χ1v) is 8.68. The number of carbonyl (C=O) groups is 1. The average Bonchev–Trinajstić information content (AvgIpc) is 2.59. The van der Waals surface area contributed by atoms with E-state index in [9.17, 15) is 4.79 Å². The van der Waals surface area contributed by atoms with E-state index < -0.39 is 0 Å². The summed E-state index contributed by atoms with van der Waals surface area (Å²) in [6, 6.07) is 14.8. The summed E-state index contributed by atoms with van der Waals surface area (Å²) in [5, 5.41) is 0. The fourth-order valence-electron chi connectivity index (χ4n) is 3.25. The highest BCUT2D eigenvalue weighted by Gasteiger charge is 2.22. The monoisotopic (exact) mass is 322 g/mol. The number of rotatable bonds is 3. The van der Waals surface area contributed by atoms with Crippen LogP contribution in [-0.2, 0) is 11.2 Å². The van der Waals surface area contributed by atoms with Crippen LogP contribution in [0.4, 0.5) is 5.69 Å². The van der Waals surface area contributed by atoms with Gasteiger partial charge in [0.15, 0.2) is 0 Å². The van der Waals surface area contributed by atoms with E-state index in [-0.39, 0.29) is 5.91 Å². The second-order valence-electron chi connectivity index (χ2n) is 6.82. The molecule has 0 atom stereocenters. The van der Waals surface area contributed by atoms with Gasteiger partial charge in [-0.15, -0.1) is 0 Å². The molecule has 1 aliphatic rings. The SMILES string of the molecule is Cc1ccc(CC(=O)N2CCN(c3cc(C)ccc3C)CC2)cc1. The summed E-state index contributed by atoms with van der Waals surface area (Å²) in [6.07, 6.45) is 0.504. The van der Waals surface area contributed by atoms with Crippen molar-refractivity contribution in [3.05, 3.63) is 64.7 Å². The Morgan fingerprint density at radius 3 is 2.17 bits per heavy atom. The van der Waals surface area contributed by atoms with Gasteiger partial charge >= 0.3 is 0 Å². The molecule has 3 rings (SSSR count). The molecule has 3 heteroatoms. The summed E-state index contributed by atoms with van der Waals surface area (Å²) in [6.45, 7) is 9.77. The minimum Gasteiger partial charge on any atom is -0.368 e. The topological polar surface area (TPSA) is 23.6 Å². The number of nitrogens with zero attached hydrogens (tertiary/aromatic N) is 2. The second kappa shape index (κ2) is 7.08. The van der Waals surface area contributed by atoms with Gasteiger partial charge in [0.05, 0.1) is 6.42 Å². The van der Waals surface area contributed by atoms with E-state index in [1.54, 1.807) is 0 Å².